The van der Waals surface area contributed by atoms with Crippen LogP contribution in [-0.4, -0.2) is 47.5 Å². The largest absolute Gasteiger partial charge is 0.389 e. The summed E-state index contributed by atoms with van der Waals surface area (Å²) in [5.74, 6) is -0.272. The third-order valence-corrected chi connectivity index (χ3v) is 4.22. The summed E-state index contributed by atoms with van der Waals surface area (Å²) < 4.78 is 13.6. The van der Waals surface area contributed by atoms with Crippen molar-refractivity contribution in [2.75, 3.05) is 26.7 Å². The molecule has 0 aromatic heterocycles. The van der Waals surface area contributed by atoms with Crippen LogP contribution in [0.15, 0.2) is 18.2 Å². The molecule has 0 amide bonds. The first-order chi connectivity index (χ1) is 9.49. The molecule has 3 nitrogen and oxygen atoms in total. The van der Waals surface area contributed by atoms with Gasteiger partial charge in [-0.25, -0.2) is 4.39 Å². The van der Waals surface area contributed by atoms with Crippen LogP contribution in [-0.2, 0) is 6.54 Å². The molecule has 1 aliphatic rings. The molecule has 0 saturated carbocycles. The lowest BCUT2D eigenvalue weighted by Gasteiger charge is -2.39. The number of piperazine rings is 1. The van der Waals surface area contributed by atoms with E-state index in [1.165, 1.54) is 6.07 Å². The number of halogens is 1. The van der Waals surface area contributed by atoms with Gasteiger partial charge in [0.2, 0.25) is 0 Å². The van der Waals surface area contributed by atoms with E-state index in [0.29, 0.717) is 11.6 Å². The molecule has 0 spiro atoms. The summed E-state index contributed by atoms with van der Waals surface area (Å²) in [5, 5.41) is 0. The van der Waals surface area contributed by atoms with Gasteiger partial charge in [0.05, 0.1) is 0 Å². The minimum Gasteiger partial charge on any atom is -0.389 e. The van der Waals surface area contributed by atoms with Gasteiger partial charge < -0.3 is 10.6 Å². The maximum Gasteiger partial charge on any atom is 0.124 e. The van der Waals surface area contributed by atoms with Crippen molar-refractivity contribution in [1.82, 2.24) is 9.80 Å². The van der Waals surface area contributed by atoms with E-state index in [9.17, 15) is 4.39 Å². The Balaban J connectivity index is 2.08. The van der Waals surface area contributed by atoms with Crippen LogP contribution in [0.25, 0.3) is 0 Å². The van der Waals surface area contributed by atoms with Crippen molar-refractivity contribution in [1.29, 1.82) is 0 Å². The molecule has 0 aliphatic carbocycles. The van der Waals surface area contributed by atoms with Gasteiger partial charge in [-0.2, -0.15) is 0 Å². The fraction of sp³-hybridized carbons (Fsp3) is 0.533. The Kier molecular flexibility index (Phi) is 5.07. The van der Waals surface area contributed by atoms with Crippen molar-refractivity contribution in [3.05, 3.63) is 35.1 Å². The molecule has 0 radical (unpaired) electrons. The van der Waals surface area contributed by atoms with Gasteiger partial charge in [-0.15, -0.1) is 0 Å². The fourth-order valence-corrected chi connectivity index (χ4v) is 2.85. The minimum absolute atomic E-state index is 0.246. The third-order valence-electron chi connectivity index (χ3n) is 3.98. The molecular formula is C15H22FN3S. The van der Waals surface area contributed by atoms with Crippen LogP contribution in [0.5, 0.6) is 0 Å². The van der Waals surface area contributed by atoms with Crippen molar-refractivity contribution in [2.24, 2.45) is 5.73 Å². The molecule has 20 heavy (non-hydrogen) atoms. The number of likely N-dealkylation sites (N-methyl/N-ethyl adjacent to an activating group) is 1. The maximum absolute atomic E-state index is 13.6. The van der Waals surface area contributed by atoms with Gasteiger partial charge in [0.1, 0.15) is 10.8 Å². The zero-order valence-corrected chi connectivity index (χ0v) is 12.9. The second-order valence-electron chi connectivity index (χ2n) is 5.49. The first-order valence-corrected chi connectivity index (χ1v) is 7.42. The van der Waals surface area contributed by atoms with Crippen molar-refractivity contribution >= 4 is 17.2 Å². The highest BCUT2D eigenvalue weighted by Gasteiger charge is 2.22. The normalized spacial score (nSPS) is 21.1. The van der Waals surface area contributed by atoms with Crippen LogP contribution in [0.1, 0.15) is 24.5 Å². The van der Waals surface area contributed by atoms with Gasteiger partial charge in [-0.1, -0.05) is 19.1 Å². The molecule has 1 aliphatic heterocycles. The van der Waals surface area contributed by atoms with E-state index in [2.05, 4.69) is 23.8 Å². The topological polar surface area (TPSA) is 32.5 Å². The van der Waals surface area contributed by atoms with E-state index in [1.807, 2.05) is 6.07 Å². The van der Waals surface area contributed by atoms with Crippen molar-refractivity contribution in [2.45, 2.75) is 25.9 Å². The summed E-state index contributed by atoms with van der Waals surface area (Å²) >= 11 is 4.93. The molecule has 5 heteroatoms. The van der Waals surface area contributed by atoms with Crippen LogP contribution < -0.4 is 5.73 Å². The van der Waals surface area contributed by atoms with Crippen LogP contribution in [0, 0.1) is 5.82 Å². The second-order valence-corrected chi connectivity index (χ2v) is 5.93. The molecule has 1 aromatic rings. The van der Waals surface area contributed by atoms with Crippen LogP contribution in [0.2, 0.25) is 0 Å². The molecule has 1 fully saturated rings. The average Bonchev–Trinajstić information content (AvgIpc) is 2.40. The van der Waals surface area contributed by atoms with E-state index in [4.69, 9.17) is 18.0 Å². The highest BCUT2D eigenvalue weighted by Crippen LogP contribution is 2.16. The number of thiocarbonyl (C=S) groups is 1. The molecule has 1 heterocycles. The number of hydrogen-bond acceptors (Lipinski definition) is 3. The molecule has 2 rings (SSSR count). The summed E-state index contributed by atoms with van der Waals surface area (Å²) in [4.78, 5) is 5.00. The average molecular weight is 295 g/mol. The minimum atomic E-state index is -0.272. The Labute approximate surface area is 125 Å². The summed E-state index contributed by atoms with van der Waals surface area (Å²) in [6.45, 7) is 6.03. The van der Waals surface area contributed by atoms with Crippen molar-refractivity contribution in [3.63, 3.8) is 0 Å². The summed E-state index contributed by atoms with van der Waals surface area (Å²) in [5.41, 5.74) is 7.14. The lowest BCUT2D eigenvalue weighted by Crippen LogP contribution is -2.50. The van der Waals surface area contributed by atoms with Gasteiger partial charge in [0, 0.05) is 37.8 Å². The predicted molar refractivity (Wildman–Crippen MR) is 84.3 cm³/mol. The van der Waals surface area contributed by atoms with E-state index >= 15 is 0 Å². The molecular weight excluding hydrogens is 273 g/mol. The number of nitrogens with two attached hydrogens (primary N) is 1. The van der Waals surface area contributed by atoms with E-state index in [-0.39, 0.29) is 10.8 Å². The number of rotatable bonds is 4. The quantitative estimate of drug-likeness (QED) is 0.861. The highest BCUT2D eigenvalue weighted by atomic mass is 32.1. The summed E-state index contributed by atoms with van der Waals surface area (Å²) in [6.07, 6.45) is 1.13. The lowest BCUT2D eigenvalue weighted by atomic mass is 10.1. The van der Waals surface area contributed by atoms with Crippen LogP contribution in [0.4, 0.5) is 4.39 Å². The van der Waals surface area contributed by atoms with E-state index in [0.717, 1.165) is 38.2 Å². The van der Waals surface area contributed by atoms with Crippen molar-refractivity contribution in [3.8, 4) is 0 Å². The van der Waals surface area contributed by atoms with Crippen LogP contribution in [0.3, 0.4) is 0 Å². The zero-order chi connectivity index (χ0) is 14.7. The smallest absolute Gasteiger partial charge is 0.124 e. The molecule has 0 bridgehead atoms. The Morgan fingerprint density at radius 1 is 1.40 bits per heavy atom. The molecule has 1 unspecified atom stereocenters. The first-order valence-electron chi connectivity index (χ1n) is 7.01. The third kappa shape index (κ3) is 3.75. The lowest BCUT2D eigenvalue weighted by molar-refractivity contribution is 0.0883. The maximum atomic E-state index is 13.6. The SMILES string of the molecule is CCC1CN(Cc2cc(F)cc(C(N)=S)c2)CCN1C. The van der Waals surface area contributed by atoms with Crippen molar-refractivity contribution < 1.29 is 4.39 Å². The van der Waals surface area contributed by atoms with Gasteiger partial charge >= 0.3 is 0 Å². The van der Waals surface area contributed by atoms with Gasteiger partial charge in [0.15, 0.2) is 0 Å². The molecule has 1 atom stereocenters. The Hall–Kier alpha value is -1.04. The highest BCUT2D eigenvalue weighted by molar-refractivity contribution is 7.80. The second kappa shape index (κ2) is 6.61. The summed E-state index contributed by atoms with van der Waals surface area (Å²) in [7, 11) is 2.17. The molecule has 2 N–H and O–H groups in total. The fourth-order valence-electron chi connectivity index (χ4n) is 2.74. The Morgan fingerprint density at radius 2 is 2.15 bits per heavy atom. The molecule has 110 valence electrons. The molecule has 1 aromatic carbocycles. The Morgan fingerprint density at radius 3 is 2.80 bits per heavy atom. The number of nitrogens with zero attached hydrogens (tertiary/aromatic N) is 2. The van der Waals surface area contributed by atoms with E-state index < -0.39 is 0 Å². The molecule has 1 saturated heterocycles. The number of benzene rings is 1. The van der Waals surface area contributed by atoms with Gasteiger partial charge in [0.25, 0.3) is 0 Å². The monoisotopic (exact) mass is 295 g/mol. The van der Waals surface area contributed by atoms with E-state index in [1.54, 1.807) is 6.07 Å². The first kappa shape index (κ1) is 15.4. The summed E-state index contributed by atoms with van der Waals surface area (Å²) in [6, 6.07) is 5.43. The predicted octanol–water partition coefficient (Wildman–Crippen LogP) is 1.99. The Bertz CT molecular complexity index is 492. The van der Waals surface area contributed by atoms with Crippen LogP contribution >= 0.6 is 12.2 Å². The number of hydrogen-bond donors (Lipinski definition) is 1. The zero-order valence-electron chi connectivity index (χ0n) is 12.1. The van der Waals surface area contributed by atoms with Gasteiger partial charge in [-0.05, 0) is 37.2 Å². The van der Waals surface area contributed by atoms with Gasteiger partial charge in [-0.3, -0.25) is 4.90 Å². The standard InChI is InChI=1S/C15H22FN3S/c1-3-14-10-19(5-4-18(14)2)9-11-6-12(15(17)20)8-13(16)7-11/h6-8,14H,3-5,9-10H2,1-2H3,(H2,17,20).